The summed E-state index contributed by atoms with van der Waals surface area (Å²) in [6.07, 6.45) is 1.60. The number of hydrogen-bond donors (Lipinski definition) is 2. The van der Waals surface area contributed by atoms with Crippen LogP contribution in [0.3, 0.4) is 0 Å². The maximum atomic E-state index is 10.9. The van der Waals surface area contributed by atoms with Crippen LogP contribution in [0.2, 0.25) is 0 Å². The van der Waals surface area contributed by atoms with E-state index in [9.17, 15) is 4.79 Å². The van der Waals surface area contributed by atoms with E-state index in [-0.39, 0.29) is 10.8 Å². The molecule has 0 radical (unpaired) electrons. The van der Waals surface area contributed by atoms with Crippen molar-refractivity contribution < 1.29 is 9.90 Å². The zero-order valence-electron chi connectivity index (χ0n) is 7.48. The van der Waals surface area contributed by atoms with Gasteiger partial charge in [-0.05, 0) is 25.5 Å². The van der Waals surface area contributed by atoms with Gasteiger partial charge in [0.25, 0.3) is 0 Å². The Morgan fingerprint density at radius 3 is 2.69 bits per heavy atom. The predicted octanol–water partition coefficient (Wildman–Crippen LogP) is 2.08. The molecule has 1 aromatic heterocycles. The number of nitrogens with zero attached hydrogens (tertiary/aromatic N) is 1. The van der Waals surface area contributed by atoms with Gasteiger partial charge in [-0.1, -0.05) is 0 Å². The molecule has 0 aromatic carbocycles. The molecule has 1 aromatic rings. The molecule has 70 valence electrons. The average molecular weight is 197 g/mol. The van der Waals surface area contributed by atoms with Crippen LogP contribution in [0.1, 0.15) is 33.8 Å². The molecule has 0 bridgehead atoms. The number of aryl methyl sites for hydroxylation is 1. The normalized spacial score (nSPS) is 12.5. The van der Waals surface area contributed by atoms with Crippen LogP contribution >= 0.6 is 12.6 Å². The topological polar surface area (TPSA) is 50.2 Å². The van der Waals surface area contributed by atoms with Gasteiger partial charge in [0.2, 0.25) is 0 Å². The van der Waals surface area contributed by atoms with Crippen molar-refractivity contribution in [3.8, 4) is 0 Å². The maximum Gasteiger partial charge on any atom is 0.337 e. The summed E-state index contributed by atoms with van der Waals surface area (Å²) in [5, 5.41) is 8.83. The van der Waals surface area contributed by atoms with Gasteiger partial charge in [-0.3, -0.25) is 4.98 Å². The van der Waals surface area contributed by atoms with Crippen LogP contribution in [0.5, 0.6) is 0 Å². The average Bonchev–Trinajstić information content (AvgIpc) is 2.02. The first-order chi connectivity index (χ1) is 6.04. The summed E-state index contributed by atoms with van der Waals surface area (Å²) in [7, 11) is 0. The van der Waals surface area contributed by atoms with Crippen molar-refractivity contribution in [1.29, 1.82) is 0 Å². The molecule has 0 spiro atoms. The quantitative estimate of drug-likeness (QED) is 0.714. The number of aromatic carboxylic acids is 1. The molecule has 0 saturated heterocycles. The Morgan fingerprint density at radius 1 is 1.69 bits per heavy atom. The van der Waals surface area contributed by atoms with Gasteiger partial charge in [-0.15, -0.1) is 0 Å². The number of pyridine rings is 1. The summed E-state index contributed by atoms with van der Waals surface area (Å²) in [5.74, 6) is -0.943. The van der Waals surface area contributed by atoms with E-state index in [4.69, 9.17) is 5.11 Å². The van der Waals surface area contributed by atoms with Crippen LogP contribution in [0.4, 0.5) is 0 Å². The third-order valence-electron chi connectivity index (χ3n) is 1.84. The molecule has 1 N–H and O–H groups in total. The molecular weight excluding hydrogens is 186 g/mol. The van der Waals surface area contributed by atoms with Crippen LogP contribution in [0.15, 0.2) is 12.3 Å². The van der Waals surface area contributed by atoms with E-state index in [1.54, 1.807) is 19.2 Å². The van der Waals surface area contributed by atoms with E-state index in [0.29, 0.717) is 11.3 Å². The number of thiol groups is 1. The fourth-order valence-electron chi connectivity index (χ4n) is 1.21. The zero-order valence-corrected chi connectivity index (χ0v) is 8.38. The SMILES string of the molecule is Cc1nccc(C(C)S)c1C(=O)O. The van der Waals surface area contributed by atoms with E-state index < -0.39 is 5.97 Å². The van der Waals surface area contributed by atoms with Crippen LogP contribution in [-0.4, -0.2) is 16.1 Å². The molecule has 1 unspecified atom stereocenters. The van der Waals surface area contributed by atoms with Crippen LogP contribution in [0.25, 0.3) is 0 Å². The van der Waals surface area contributed by atoms with E-state index in [2.05, 4.69) is 17.6 Å². The Hall–Kier alpha value is -1.03. The van der Waals surface area contributed by atoms with Crippen LogP contribution in [0, 0.1) is 6.92 Å². The summed E-state index contributed by atoms with van der Waals surface area (Å²) in [5.41, 5.74) is 1.51. The summed E-state index contributed by atoms with van der Waals surface area (Å²) in [4.78, 5) is 14.8. The first-order valence-corrected chi connectivity index (χ1v) is 4.42. The van der Waals surface area contributed by atoms with Gasteiger partial charge < -0.3 is 5.11 Å². The second-order valence-electron chi connectivity index (χ2n) is 2.84. The lowest BCUT2D eigenvalue weighted by atomic mass is 10.0. The lowest BCUT2D eigenvalue weighted by Crippen LogP contribution is -2.07. The van der Waals surface area contributed by atoms with Crippen molar-refractivity contribution in [3.05, 3.63) is 29.1 Å². The molecular formula is C9H11NO2S. The molecule has 0 aliphatic heterocycles. The summed E-state index contributed by atoms with van der Waals surface area (Å²) >= 11 is 4.21. The van der Waals surface area contributed by atoms with Crippen molar-refractivity contribution in [2.24, 2.45) is 0 Å². The minimum absolute atomic E-state index is 0.0900. The summed E-state index contributed by atoms with van der Waals surface area (Å²) in [6, 6.07) is 1.69. The first kappa shape index (κ1) is 10.1. The fraction of sp³-hybridized carbons (Fsp3) is 0.333. The highest BCUT2D eigenvalue weighted by Crippen LogP contribution is 2.23. The molecule has 4 heteroatoms. The van der Waals surface area contributed by atoms with Crippen molar-refractivity contribution >= 4 is 18.6 Å². The maximum absolute atomic E-state index is 10.9. The molecule has 13 heavy (non-hydrogen) atoms. The zero-order chi connectivity index (χ0) is 10.0. The Morgan fingerprint density at radius 2 is 2.31 bits per heavy atom. The standard InChI is InChI=1S/C9H11NO2S/c1-5-8(9(11)12)7(6(2)13)3-4-10-5/h3-4,6,13H,1-2H3,(H,11,12). The van der Waals surface area contributed by atoms with Gasteiger partial charge in [0, 0.05) is 11.4 Å². The van der Waals surface area contributed by atoms with Crippen LogP contribution in [-0.2, 0) is 0 Å². The highest BCUT2D eigenvalue weighted by atomic mass is 32.1. The molecule has 1 heterocycles. The van der Waals surface area contributed by atoms with Crippen molar-refractivity contribution in [2.75, 3.05) is 0 Å². The number of aromatic nitrogens is 1. The van der Waals surface area contributed by atoms with Gasteiger partial charge in [-0.25, -0.2) is 4.79 Å². The number of rotatable bonds is 2. The van der Waals surface area contributed by atoms with E-state index in [0.717, 1.165) is 0 Å². The minimum Gasteiger partial charge on any atom is -0.478 e. The number of carbonyl (C=O) groups is 1. The third-order valence-corrected chi connectivity index (χ3v) is 2.11. The smallest absolute Gasteiger partial charge is 0.337 e. The Labute approximate surface area is 82.2 Å². The Kier molecular flexibility index (Phi) is 2.93. The van der Waals surface area contributed by atoms with Gasteiger partial charge in [0.05, 0.1) is 11.3 Å². The fourth-order valence-corrected chi connectivity index (χ4v) is 1.43. The van der Waals surface area contributed by atoms with Gasteiger partial charge in [-0.2, -0.15) is 12.6 Å². The summed E-state index contributed by atoms with van der Waals surface area (Å²) < 4.78 is 0. The van der Waals surface area contributed by atoms with Gasteiger partial charge >= 0.3 is 5.97 Å². The number of hydrogen-bond acceptors (Lipinski definition) is 3. The van der Waals surface area contributed by atoms with Crippen LogP contribution < -0.4 is 0 Å². The molecule has 0 saturated carbocycles. The van der Waals surface area contributed by atoms with Crippen molar-refractivity contribution in [2.45, 2.75) is 19.1 Å². The number of carboxylic acids is 1. The van der Waals surface area contributed by atoms with Crippen molar-refractivity contribution in [1.82, 2.24) is 4.98 Å². The van der Waals surface area contributed by atoms with Crippen molar-refractivity contribution in [3.63, 3.8) is 0 Å². The second kappa shape index (κ2) is 3.79. The molecule has 1 atom stereocenters. The lowest BCUT2D eigenvalue weighted by Gasteiger charge is -2.09. The summed E-state index contributed by atoms with van der Waals surface area (Å²) in [6.45, 7) is 3.52. The minimum atomic E-state index is -0.943. The first-order valence-electron chi connectivity index (χ1n) is 3.91. The Bertz CT molecular complexity index is 336. The Balaban J connectivity index is 3.34. The molecule has 0 aliphatic rings. The molecule has 1 rings (SSSR count). The highest BCUT2D eigenvalue weighted by Gasteiger charge is 2.15. The van der Waals surface area contributed by atoms with E-state index >= 15 is 0 Å². The van der Waals surface area contributed by atoms with E-state index in [1.807, 2.05) is 6.92 Å². The third kappa shape index (κ3) is 2.01. The van der Waals surface area contributed by atoms with E-state index in [1.165, 1.54) is 0 Å². The molecule has 3 nitrogen and oxygen atoms in total. The lowest BCUT2D eigenvalue weighted by molar-refractivity contribution is 0.0694. The molecule has 0 aliphatic carbocycles. The second-order valence-corrected chi connectivity index (χ2v) is 3.62. The number of carboxylic acid groups (broad SMARTS) is 1. The monoisotopic (exact) mass is 197 g/mol. The largest absolute Gasteiger partial charge is 0.478 e. The van der Waals surface area contributed by atoms with Gasteiger partial charge in [0.1, 0.15) is 0 Å². The molecule has 0 amide bonds. The van der Waals surface area contributed by atoms with Gasteiger partial charge in [0.15, 0.2) is 0 Å². The highest BCUT2D eigenvalue weighted by molar-refractivity contribution is 7.80. The molecule has 0 fully saturated rings. The predicted molar refractivity (Wildman–Crippen MR) is 53.3 cm³/mol.